The third-order valence-electron chi connectivity index (χ3n) is 3.26. The molecule has 0 aliphatic heterocycles. The van der Waals surface area contributed by atoms with Crippen LogP contribution in [0, 0.1) is 0 Å². The predicted octanol–water partition coefficient (Wildman–Crippen LogP) is 2.12. The molecule has 19 heavy (non-hydrogen) atoms. The Bertz CT molecular complexity index is 391. The van der Waals surface area contributed by atoms with Crippen molar-refractivity contribution in [2.24, 2.45) is 0 Å². The lowest BCUT2D eigenvalue weighted by Gasteiger charge is -2.23. The maximum Gasteiger partial charge on any atom is 0.319 e. The van der Waals surface area contributed by atoms with Crippen molar-refractivity contribution in [3.8, 4) is 0 Å². The van der Waals surface area contributed by atoms with E-state index in [4.69, 9.17) is 5.73 Å². The molecule has 1 rings (SSSR count). The molecule has 0 radical (unpaired) electrons. The molecular formula is C14H24N4O. The molecule has 0 aliphatic carbocycles. The van der Waals surface area contributed by atoms with E-state index in [0.29, 0.717) is 18.3 Å². The van der Waals surface area contributed by atoms with Crippen LogP contribution in [0.1, 0.15) is 20.3 Å². The van der Waals surface area contributed by atoms with Gasteiger partial charge in [-0.1, -0.05) is 6.92 Å². The van der Waals surface area contributed by atoms with Crippen molar-refractivity contribution in [1.82, 2.24) is 10.2 Å². The number of nitrogens with one attached hydrogen (secondary N) is 2. The quantitative estimate of drug-likeness (QED) is 0.689. The van der Waals surface area contributed by atoms with Crippen LogP contribution >= 0.6 is 0 Å². The number of nitrogens with two attached hydrogens (primary N) is 1. The largest absolute Gasteiger partial charge is 0.399 e. The van der Waals surface area contributed by atoms with Crippen molar-refractivity contribution in [3.05, 3.63) is 24.3 Å². The van der Waals surface area contributed by atoms with Crippen molar-refractivity contribution < 1.29 is 4.79 Å². The van der Waals surface area contributed by atoms with Gasteiger partial charge < -0.3 is 21.3 Å². The molecule has 0 saturated carbocycles. The van der Waals surface area contributed by atoms with Crippen molar-refractivity contribution in [2.45, 2.75) is 26.3 Å². The van der Waals surface area contributed by atoms with Gasteiger partial charge in [-0.25, -0.2) is 4.79 Å². The van der Waals surface area contributed by atoms with Gasteiger partial charge in [0.1, 0.15) is 0 Å². The number of benzene rings is 1. The number of nitrogen functional groups attached to an aromatic ring is 1. The highest BCUT2D eigenvalue weighted by atomic mass is 16.2. The lowest BCUT2D eigenvalue weighted by molar-refractivity contribution is 0.238. The van der Waals surface area contributed by atoms with Crippen LogP contribution in [0.15, 0.2) is 24.3 Å². The second kappa shape index (κ2) is 7.63. The molecule has 0 saturated heterocycles. The molecule has 0 heterocycles. The number of likely N-dealkylation sites (N-methyl/N-ethyl adjacent to an activating group) is 1. The molecule has 0 aliphatic rings. The minimum Gasteiger partial charge on any atom is -0.399 e. The molecule has 1 aromatic rings. The molecule has 0 bridgehead atoms. The van der Waals surface area contributed by atoms with Crippen LogP contribution in [0.25, 0.3) is 0 Å². The highest BCUT2D eigenvalue weighted by molar-refractivity contribution is 5.89. The van der Waals surface area contributed by atoms with Gasteiger partial charge in [-0.3, -0.25) is 0 Å². The maximum atomic E-state index is 11.6. The zero-order chi connectivity index (χ0) is 14.3. The van der Waals surface area contributed by atoms with Crippen molar-refractivity contribution in [2.75, 3.05) is 31.2 Å². The molecule has 1 atom stereocenters. The van der Waals surface area contributed by atoms with Gasteiger partial charge in [0.05, 0.1) is 0 Å². The number of carbonyl (C=O) groups is 1. The highest BCUT2D eigenvalue weighted by Crippen LogP contribution is 2.09. The summed E-state index contributed by atoms with van der Waals surface area (Å²) >= 11 is 0. The predicted molar refractivity (Wildman–Crippen MR) is 80.3 cm³/mol. The fraction of sp³-hybridized carbons (Fsp3) is 0.500. The summed E-state index contributed by atoms with van der Waals surface area (Å²) < 4.78 is 0. The lowest BCUT2D eigenvalue weighted by atomic mass is 10.2. The molecule has 106 valence electrons. The van der Waals surface area contributed by atoms with Crippen LogP contribution in [0.3, 0.4) is 0 Å². The minimum atomic E-state index is -0.192. The van der Waals surface area contributed by atoms with Crippen molar-refractivity contribution in [1.29, 1.82) is 0 Å². The van der Waals surface area contributed by atoms with E-state index >= 15 is 0 Å². The average molecular weight is 264 g/mol. The third kappa shape index (κ3) is 5.61. The second-order valence-corrected chi connectivity index (χ2v) is 4.74. The average Bonchev–Trinajstić information content (AvgIpc) is 2.40. The number of carbonyl (C=O) groups excluding carboxylic acids is 1. The Morgan fingerprint density at radius 2 is 2.00 bits per heavy atom. The highest BCUT2D eigenvalue weighted by Gasteiger charge is 2.07. The van der Waals surface area contributed by atoms with E-state index in [9.17, 15) is 4.79 Å². The van der Waals surface area contributed by atoms with E-state index in [1.807, 2.05) is 0 Å². The minimum absolute atomic E-state index is 0.192. The molecule has 1 unspecified atom stereocenters. The fourth-order valence-electron chi connectivity index (χ4n) is 1.62. The molecular weight excluding hydrogens is 240 g/mol. The van der Waals surface area contributed by atoms with E-state index in [-0.39, 0.29) is 6.03 Å². The van der Waals surface area contributed by atoms with Gasteiger partial charge in [-0.05, 0) is 44.7 Å². The first-order valence-corrected chi connectivity index (χ1v) is 6.63. The smallest absolute Gasteiger partial charge is 0.319 e. The number of rotatable bonds is 6. The van der Waals surface area contributed by atoms with Gasteiger partial charge in [0.15, 0.2) is 0 Å². The van der Waals surface area contributed by atoms with Gasteiger partial charge in [0.25, 0.3) is 0 Å². The summed E-state index contributed by atoms with van der Waals surface area (Å²) in [5, 5.41) is 5.59. The molecule has 0 fully saturated rings. The first kappa shape index (κ1) is 15.3. The zero-order valence-corrected chi connectivity index (χ0v) is 11.9. The second-order valence-electron chi connectivity index (χ2n) is 4.74. The van der Waals surface area contributed by atoms with Gasteiger partial charge in [-0.2, -0.15) is 0 Å². The Kier molecular flexibility index (Phi) is 6.15. The van der Waals surface area contributed by atoms with Crippen LogP contribution in [-0.4, -0.2) is 37.1 Å². The first-order valence-electron chi connectivity index (χ1n) is 6.63. The molecule has 0 spiro atoms. The summed E-state index contributed by atoms with van der Waals surface area (Å²) in [5.74, 6) is 0. The molecule has 1 aromatic carbocycles. The molecule has 4 N–H and O–H groups in total. The van der Waals surface area contributed by atoms with Crippen LogP contribution in [-0.2, 0) is 0 Å². The number of urea groups is 1. The van der Waals surface area contributed by atoms with Crippen molar-refractivity contribution >= 4 is 17.4 Å². The summed E-state index contributed by atoms with van der Waals surface area (Å²) in [4.78, 5) is 13.9. The number of amides is 2. The normalized spacial score (nSPS) is 12.2. The van der Waals surface area contributed by atoms with Gasteiger partial charge in [0, 0.05) is 30.5 Å². The van der Waals surface area contributed by atoms with Crippen LogP contribution in [0.4, 0.5) is 16.2 Å². The van der Waals surface area contributed by atoms with E-state index in [1.54, 1.807) is 24.3 Å². The van der Waals surface area contributed by atoms with E-state index in [0.717, 1.165) is 18.7 Å². The summed E-state index contributed by atoms with van der Waals surface area (Å²) in [6, 6.07) is 7.41. The van der Waals surface area contributed by atoms with Crippen LogP contribution in [0.5, 0.6) is 0 Å². The van der Waals surface area contributed by atoms with Gasteiger partial charge in [-0.15, -0.1) is 0 Å². The number of hydrogen-bond donors (Lipinski definition) is 3. The number of nitrogens with zero attached hydrogens (tertiary/aromatic N) is 1. The van der Waals surface area contributed by atoms with E-state index in [2.05, 4.69) is 36.4 Å². The summed E-state index contributed by atoms with van der Waals surface area (Å²) in [7, 11) is 2.06. The third-order valence-corrected chi connectivity index (χ3v) is 3.26. The first-order chi connectivity index (χ1) is 9.02. The fourth-order valence-corrected chi connectivity index (χ4v) is 1.62. The Morgan fingerprint density at radius 3 is 2.58 bits per heavy atom. The van der Waals surface area contributed by atoms with E-state index < -0.39 is 0 Å². The Hall–Kier alpha value is -1.75. The Labute approximate surface area is 115 Å². The summed E-state index contributed by atoms with van der Waals surface area (Å²) in [6.45, 7) is 5.79. The van der Waals surface area contributed by atoms with Gasteiger partial charge in [0.2, 0.25) is 0 Å². The van der Waals surface area contributed by atoms with Crippen LogP contribution < -0.4 is 16.4 Å². The lowest BCUT2D eigenvalue weighted by Crippen LogP contribution is -2.38. The number of anilines is 2. The zero-order valence-electron chi connectivity index (χ0n) is 11.9. The van der Waals surface area contributed by atoms with Crippen LogP contribution in [0.2, 0.25) is 0 Å². The Morgan fingerprint density at radius 1 is 1.37 bits per heavy atom. The van der Waals surface area contributed by atoms with Gasteiger partial charge >= 0.3 is 6.03 Å². The maximum absolute atomic E-state index is 11.6. The monoisotopic (exact) mass is 264 g/mol. The topological polar surface area (TPSA) is 70.4 Å². The Balaban J connectivity index is 2.26. The summed E-state index contributed by atoms with van der Waals surface area (Å²) in [5.41, 5.74) is 7.00. The SMILES string of the molecule is CCC(C)N(C)CCNC(=O)Nc1ccc(N)cc1. The van der Waals surface area contributed by atoms with E-state index in [1.165, 1.54) is 0 Å². The van der Waals surface area contributed by atoms with Crippen molar-refractivity contribution in [3.63, 3.8) is 0 Å². The number of hydrogen-bond acceptors (Lipinski definition) is 3. The molecule has 0 aromatic heterocycles. The molecule has 5 nitrogen and oxygen atoms in total. The molecule has 5 heteroatoms. The summed E-state index contributed by atoms with van der Waals surface area (Å²) in [6.07, 6.45) is 1.11. The standard InChI is InChI=1S/C14H24N4O/c1-4-11(2)18(3)10-9-16-14(19)17-13-7-5-12(15)6-8-13/h5-8,11H,4,9-10,15H2,1-3H3,(H2,16,17,19). The molecule has 2 amide bonds.